The van der Waals surface area contributed by atoms with E-state index in [-0.39, 0.29) is 0 Å². The lowest BCUT2D eigenvalue weighted by Gasteiger charge is -2.40. The van der Waals surface area contributed by atoms with Crippen molar-refractivity contribution in [2.45, 2.75) is 52.1 Å². The van der Waals surface area contributed by atoms with Crippen LogP contribution < -0.4 is 5.73 Å². The highest BCUT2D eigenvalue weighted by Crippen LogP contribution is 2.27. The maximum absolute atomic E-state index is 6.20. The number of nitrogens with two attached hydrogens (primary N) is 1. The van der Waals surface area contributed by atoms with Crippen molar-refractivity contribution < 1.29 is 0 Å². The van der Waals surface area contributed by atoms with Crippen LogP contribution in [0.1, 0.15) is 50.8 Å². The second kappa shape index (κ2) is 6.53. The Kier molecular flexibility index (Phi) is 5.00. The quantitative estimate of drug-likeness (QED) is 0.899. The molecule has 1 aromatic carbocycles. The van der Waals surface area contributed by atoms with Crippen LogP contribution in [0.3, 0.4) is 0 Å². The molecule has 2 nitrogen and oxygen atoms in total. The van der Waals surface area contributed by atoms with Crippen molar-refractivity contribution in [3.8, 4) is 0 Å². The van der Waals surface area contributed by atoms with E-state index in [1.807, 2.05) is 0 Å². The molecular formula is C17H28N2. The van der Waals surface area contributed by atoms with Gasteiger partial charge in [0.15, 0.2) is 0 Å². The molecule has 1 aliphatic rings. The summed E-state index contributed by atoms with van der Waals surface area (Å²) in [6.45, 7) is 9.07. The highest BCUT2D eigenvalue weighted by atomic mass is 15.2. The third-order valence-corrected chi connectivity index (χ3v) is 4.77. The zero-order valence-corrected chi connectivity index (χ0v) is 12.6. The van der Waals surface area contributed by atoms with Crippen molar-refractivity contribution in [2.75, 3.05) is 13.1 Å². The second-order valence-electron chi connectivity index (χ2n) is 5.89. The van der Waals surface area contributed by atoms with Gasteiger partial charge in [0.25, 0.3) is 0 Å². The minimum Gasteiger partial charge on any atom is -0.327 e. The topological polar surface area (TPSA) is 29.3 Å². The first-order chi connectivity index (χ1) is 9.15. The van der Waals surface area contributed by atoms with Crippen LogP contribution >= 0.6 is 0 Å². The van der Waals surface area contributed by atoms with Crippen LogP contribution in [0.5, 0.6) is 0 Å². The number of benzene rings is 1. The van der Waals surface area contributed by atoms with Gasteiger partial charge in [-0.3, -0.25) is 4.90 Å². The summed E-state index contributed by atoms with van der Waals surface area (Å²) in [5.74, 6) is 0.658. The Morgan fingerprint density at radius 2 is 1.95 bits per heavy atom. The van der Waals surface area contributed by atoms with Gasteiger partial charge < -0.3 is 5.73 Å². The molecule has 2 heteroatoms. The van der Waals surface area contributed by atoms with Crippen molar-refractivity contribution in [1.29, 1.82) is 0 Å². The summed E-state index contributed by atoms with van der Waals surface area (Å²) in [7, 11) is 0. The minimum atomic E-state index is 0.399. The SMILES string of the molecule is CCc1ccc(C(C)N2CCC(N)C(CC)C2)cc1. The van der Waals surface area contributed by atoms with Crippen molar-refractivity contribution >= 4 is 0 Å². The molecule has 0 amide bonds. The first-order valence-electron chi connectivity index (χ1n) is 7.74. The van der Waals surface area contributed by atoms with E-state index in [0.29, 0.717) is 18.0 Å². The number of rotatable bonds is 4. The van der Waals surface area contributed by atoms with Crippen LogP contribution in [-0.4, -0.2) is 24.0 Å². The molecule has 19 heavy (non-hydrogen) atoms. The second-order valence-corrected chi connectivity index (χ2v) is 5.89. The summed E-state index contributed by atoms with van der Waals surface area (Å²) in [5.41, 5.74) is 9.05. The van der Waals surface area contributed by atoms with E-state index in [4.69, 9.17) is 5.73 Å². The average Bonchev–Trinajstić information content (AvgIpc) is 2.47. The molecule has 0 radical (unpaired) electrons. The summed E-state index contributed by atoms with van der Waals surface area (Å²) in [4.78, 5) is 2.60. The number of hydrogen-bond acceptors (Lipinski definition) is 2. The predicted octanol–water partition coefficient (Wildman–Crippen LogP) is 3.37. The van der Waals surface area contributed by atoms with Crippen LogP contribution in [0.15, 0.2) is 24.3 Å². The van der Waals surface area contributed by atoms with E-state index in [9.17, 15) is 0 Å². The molecule has 106 valence electrons. The Labute approximate surface area is 118 Å². The van der Waals surface area contributed by atoms with Gasteiger partial charge in [-0.25, -0.2) is 0 Å². The Morgan fingerprint density at radius 1 is 1.26 bits per heavy atom. The van der Waals surface area contributed by atoms with Crippen LogP contribution in [0.2, 0.25) is 0 Å². The van der Waals surface area contributed by atoms with Gasteiger partial charge >= 0.3 is 0 Å². The van der Waals surface area contributed by atoms with Gasteiger partial charge in [-0.2, -0.15) is 0 Å². The summed E-state index contributed by atoms with van der Waals surface area (Å²) in [6.07, 6.45) is 3.44. The van der Waals surface area contributed by atoms with Gasteiger partial charge in [-0.1, -0.05) is 44.5 Å². The van der Waals surface area contributed by atoms with E-state index in [0.717, 1.165) is 25.9 Å². The molecule has 0 saturated carbocycles. The molecular weight excluding hydrogens is 232 g/mol. The third-order valence-electron chi connectivity index (χ3n) is 4.77. The van der Waals surface area contributed by atoms with E-state index in [1.54, 1.807) is 0 Å². The molecule has 2 rings (SSSR count). The van der Waals surface area contributed by atoms with Crippen LogP contribution in [0.4, 0.5) is 0 Å². The summed E-state index contributed by atoms with van der Waals surface area (Å²) in [5, 5.41) is 0. The van der Waals surface area contributed by atoms with Crippen molar-refractivity contribution in [3.05, 3.63) is 35.4 Å². The molecule has 0 aliphatic carbocycles. The van der Waals surface area contributed by atoms with Gasteiger partial charge in [0.05, 0.1) is 0 Å². The van der Waals surface area contributed by atoms with Crippen LogP contribution in [-0.2, 0) is 6.42 Å². The fraction of sp³-hybridized carbons (Fsp3) is 0.647. The molecule has 0 aromatic heterocycles. The normalized spacial score (nSPS) is 26.3. The Bertz CT molecular complexity index is 385. The van der Waals surface area contributed by atoms with Gasteiger partial charge in [-0.15, -0.1) is 0 Å². The molecule has 3 unspecified atom stereocenters. The molecule has 1 saturated heterocycles. The third kappa shape index (κ3) is 3.37. The maximum Gasteiger partial charge on any atom is 0.0320 e. The lowest BCUT2D eigenvalue weighted by atomic mass is 9.89. The molecule has 0 spiro atoms. The monoisotopic (exact) mass is 260 g/mol. The molecule has 1 aromatic rings. The molecule has 1 aliphatic heterocycles. The Balaban J connectivity index is 2.04. The van der Waals surface area contributed by atoms with E-state index >= 15 is 0 Å². The fourth-order valence-electron chi connectivity index (χ4n) is 3.10. The van der Waals surface area contributed by atoms with Gasteiger partial charge in [0.1, 0.15) is 0 Å². The summed E-state index contributed by atoms with van der Waals surface area (Å²) < 4.78 is 0. The standard InChI is InChI=1S/C17H28N2/c1-4-14-6-8-16(9-7-14)13(3)19-11-10-17(18)15(5-2)12-19/h6-9,13,15,17H,4-5,10-12,18H2,1-3H3. The zero-order chi connectivity index (χ0) is 13.8. The summed E-state index contributed by atoms with van der Waals surface area (Å²) in [6, 6.07) is 10.0. The summed E-state index contributed by atoms with van der Waals surface area (Å²) >= 11 is 0. The van der Waals surface area contributed by atoms with E-state index < -0.39 is 0 Å². The average molecular weight is 260 g/mol. The number of nitrogens with zero attached hydrogens (tertiary/aromatic N) is 1. The lowest BCUT2D eigenvalue weighted by molar-refractivity contribution is 0.114. The Morgan fingerprint density at radius 3 is 2.53 bits per heavy atom. The highest BCUT2D eigenvalue weighted by Gasteiger charge is 2.28. The molecule has 1 heterocycles. The smallest absolute Gasteiger partial charge is 0.0320 e. The van der Waals surface area contributed by atoms with Crippen molar-refractivity contribution in [2.24, 2.45) is 11.7 Å². The Hall–Kier alpha value is -0.860. The van der Waals surface area contributed by atoms with Gasteiger partial charge in [0, 0.05) is 25.2 Å². The van der Waals surface area contributed by atoms with Crippen LogP contribution in [0, 0.1) is 5.92 Å². The zero-order valence-electron chi connectivity index (χ0n) is 12.6. The predicted molar refractivity (Wildman–Crippen MR) is 82.2 cm³/mol. The first-order valence-corrected chi connectivity index (χ1v) is 7.74. The van der Waals surface area contributed by atoms with E-state index in [2.05, 4.69) is 49.9 Å². The molecule has 1 fully saturated rings. The fourth-order valence-corrected chi connectivity index (χ4v) is 3.10. The minimum absolute atomic E-state index is 0.399. The lowest BCUT2D eigenvalue weighted by Crippen LogP contribution is -2.47. The largest absolute Gasteiger partial charge is 0.327 e. The number of hydrogen-bond donors (Lipinski definition) is 1. The molecule has 2 N–H and O–H groups in total. The highest BCUT2D eigenvalue weighted by molar-refractivity contribution is 5.24. The van der Waals surface area contributed by atoms with Gasteiger partial charge in [0.2, 0.25) is 0 Å². The van der Waals surface area contributed by atoms with Gasteiger partial charge in [-0.05, 0) is 36.8 Å². The van der Waals surface area contributed by atoms with Crippen molar-refractivity contribution in [3.63, 3.8) is 0 Å². The maximum atomic E-state index is 6.20. The van der Waals surface area contributed by atoms with Crippen molar-refractivity contribution in [1.82, 2.24) is 4.90 Å². The number of piperidine rings is 1. The van der Waals surface area contributed by atoms with E-state index in [1.165, 1.54) is 17.5 Å². The number of likely N-dealkylation sites (tertiary alicyclic amines) is 1. The first kappa shape index (κ1) is 14.5. The molecule has 0 bridgehead atoms. The molecule has 3 atom stereocenters. The number of aryl methyl sites for hydroxylation is 1. The van der Waals surface area contributed by atoms with Crippen LogP contribution in [0.25, 0.3) is 0 Å².